The molecule has 1 aliphatic rings. The third kappa shape index (κ3) is 7.81. The number of hydrogen-bond acceptors (Lipinski definition) is 5. The topological polar surface area (TPSA) is 95.0 Å². The summed E-state index contributed by atoms with van der Waals surface area (Å²) in [5.74, 6) is -0.985. The van der Waals surface area contributed by atoms with Crippen molar-refractivity contribution < 1.29 is 23.1 Å². The van der Waals surface area contributed by atoms with Crippen molar-refractivity contribution in [1.29, 1.82) is 0 Å². The molecule has 0 bridgehead atoms. The Morgan fingerprint density at radius 1 is 1.12 bits per heavy atom. The summed E-state index contributed by atoms with van der Waals surface area (Å²) in [4.78, 5) is 26.8. The second-order valence-corrected chi connectivity index (χ2v) is 8.33. The number of carbonyl (C=O) groups is 2. The molecule has 1 rings (SSSR count). The van der Waals surface area contributed by atoms with Crippen LogP contribution in [0.1, 0.15) is 39.5 Å². The highest BCUT2D eigenvalue weighted by atomic mass is 35.5. The molecule has 24 heavy (non-hydrogen) atoms. The summed E-state index contributed by atoms with van der Waals surface area (Å²) in [6, 6.07) is -0.271. The molecule has 7 nitrogen and oxygen atoms in total. The number of unbranched alkanes of at least 4 members (excludes halogenated alkanes) is 1. The van der Waals surface area contributed by atoms with E-state index in [9.17, 15) is 18.0 Å². The molecule has 142 valence electrons. The molecule has 1 amide bonds. The van der Waals surface area contributed by atoms with E-state index in [0.717, 1.165) is 19.3 Å². The molecular weight excluding hydrogens is 356 g/mol. The average molecular weight is 385 g/mol. The van der Waals surface area contributed by atoms with E-state index in [1.54, 1.807) is 9.80 Å². The fourth-order valence-electron chi connectivity index (χ4n) is 2.86. The lowest BCUT2D eigenvalue weighted by Gasteiger charge is -2.30. The molecule has 0 radical (unpaired) electrons. The molecule has 0 aliphatic carbocycles. The van der Waals surface area contributed by atoms with Gasteiger partial charge in [-0.05, 0) is 25.8 Å². The second kappa shape index (κ2) is 10.9. The lowest BCUT2D eigenvalue weighted by molar-refractivity contribution is -0.140. The van der Waals surface area contributed by atoms with Crippen LogP contribution in [0.15, 0.2) is 0 Å². The van der Waals surface area contributed by atoms with Crippen molar-refractivity contribution in [3.05, 3.63) is 0 Å². The molecule has 0 saturated carbocycles. The van der Waals surface area contributed by atoms with Crippen LogP contribution in [0.25, 0.3) is 0 Å². The lowest BCUT2D eigenvalue weighted by Crippen LogP contribution is -2.47. The molecular formula is C15H29ClN2O5S. The standard InChI is InChI=1S/C15H28N2O5S.ClH/c1-3-5-8-17(13-6-9-23(21,22)12-13)14(18)10-16(7-4-2)11-15(19)20;/h13H,3-12H2,1-2H3,(H,19,20);1H. The molecule has 1 unspecified atom stereocenters. The van der Waals surface area contributed by atoms with Gasteiger partial charge in [0.05, 0.1) is 24.6 Å². The zero-order valence-corrected chi connectivity index (χ0v) is 16.1. The van der Waals surface area contributed by atoms with Gasteiger partial charge in [-0.2, -0.15) is 0 Å². The molecule has 1 N–H and O–H groups in total. The van der Waals surface area contributed by atoms with E-state index in [-0.39, 0.29) is 49.0 Å². The smallest absolute Gasteiger partial charge is 0.317 e. The number of amides is 1. The summed E-state index contributed by atoms with van der Waals surface area (Å²) in [5, 5.41) is 8.94. The molecule has 1 saturated heterocycles. The number of hydrogen-bond donors (Lipinski definition) is 1. The molecule has 1 atom stereocenters. The van der Waals surface area contributed by atoms with E-state index in [0.29, 0.717) is 19.5 Å². The Labute approximate surface area is 150 Å². The van der Waals surface area contributed by atoms with E-state index in [4.69, 9.17) is 5.11 Å². The van der Waals surface area contributed by atoms with E-state index < -0.39 is 15.8 Å². The van der Waals surface area contributed by atoms with Crippen LogP contribution < -0.4 is 0 Å². The van der Waals surface area contributed by atoms with Gasteiger partial charge < -0.3 is 10.0 Å². The van der Waals surface area contributed by atoms with Crippen LogP contribution in [0.2, 0.25) is 0 Å². The van der Waals surface area contributed by atoms with E-state index in [1.807, 2.05) is 13.8 Å². The van der Waals surface area contributed by atoms with Crippen LogP contribution in [-0.2, 0) is 19.4 Å². The predicted molar refractivity (Wildman–Crippen MR) is 95.3 cm³/mol. The number of carboxylic acid groups (broad SMARTS) is 1. The van der Waals surface area contributed by atoms with Crippen LogP contribution in [0, 0.1) is 0 Å². The first-order valence-corrected chi connectivity index (χ1v) is 10.0. The Morgan fingerprint density at radius 3 is 2.25 bits per heavy atom. The number of rotatable bonds is 10. The van der Waals surface area contributed by atoms with Gasteiger partial charge >= 0.3 is 5.97 Å². The quantitative estimate of drug-likeness (QED) is 0.604. The highest BCUT2D eigenvalue weighted by Gasteiger charge is 2.34. The lowest BCUT2D eigenvalue weighted by atomic mass is 10.2. The van der Waals surface area contributed by atoms with Crippen LogP contribution in [0.3, 0.4) is 0 Å². The minimum absolute atomic E-state index is 0. The van der Waals surface area contributed by atoms with Crippen molar-refractivity contribution in [3.63, 3.8) is 0 Å². The molecule has 1 fully saturated rings. The number of carbonyl (C=O) groups excluding carboxylic acids is 1. The highest BCUT2D eigenvalue weighted by molar-refractivity contribution is 7.91. The molecule has 0 aromatic carbocycles. The number of sulfone groups is 1. The maximum atomic E-state index is 12.6. The van der Waals surface area contributed by atoms with Gasteiger partial charge in [0.1, 0.15) is 0 Å². The number of carboxylic acids is 1. The fraction of sp³-hybridized carbons (Fsp3) is 0.867. The monoisotopic (exact) mass is 384 g/mol. The Hall–Kier alpha value is -0.860. The zero-order chi connectivity index (χ0) is 17.5. The minimum atomic E-state index is -3.06. The maximum Gasteiger partial charge on any atom is 0.317 e. The minimum Gasteiger partial charge on any atom is -0.480 e. The first-order valence-electron chi connectivity index (χ1n) is 8.23. The summed E-state index contributed by atoms with van der Waals surface area (Å²) in [5.41, 5.74) is 0. The largest absolute Gasteiger partial charge is 0.480 e. The first-order chi connectivity index (χ1) is 10.8. The Balaban J connectivity index is 0.00000529. The van der Waals surface area contributed by atoms with Gasteiger partial charge in [-0.3, -0.25) is 14.5 Å². The van der Waals surface area contributed by atoms with Crippen molar-refractivity contribution >= 4 is 34.1 Å². The number of aliphatic carboxylic acids is 1. The van der Waals surface area contributed by atoms with Crippen LogP contribution in [-0.4, -0.2) is 78.9 Å². The van der Waals surface area contributed by atoms with Crippen molar-refractivity contribution in [2.75, 3.05) is 37.7 Å². The first kappa shape index (κ1) is 23.1. The summed E-state index contributed by atoms with van der Waals surface area (Å²) in [7, 11) is -3.06. The number of nitrogens with zero attached hydrogens (tertiary/aromatic N) is 2. The van der Waals surface area contributed by atoms with Gasteiger partial charge in [-0.25, -0.2) is 8.42 Å². The molecule has 0 spiro atoms. The van der Waals surface area contributed by atoms with Crippen molar-refractivity contribution in [2.24, 2.45) is 0 Å². The van der Waals surface area contributed by atoms with Gasteiger partial charge in [0.25, 0.3) is 0 Å². The van der Waals surface area contributed by atoms with Gasteiger partial charge in [0.15, 0.2) is 9.84 Å². The van der Waals surface area contributed by atoms with Crippen molar-refractivity contribution in [1.82, 2.24) is 9.80 Å². The van der Waals surface area contributed by atoms with E-state index in [2.05, 4.69) is 0 Å². The van der Waals surface area contributed by atoms with Gasteiger partial charge in [-0.15, -0.1) is 12.4 Å². The third-order valence-electron chi connectivity index (χ3n) is 3.98. The Kier molecular flexibility index (Phi) is 10.5. The predicted octanol–water partition coefficient (Wildman–Crippen LogP) is 1.02. The van der Waals surface area contributed by atoms with Crippen molar-refractivity contribution in [2.45, 2.75) is 45.6 Å². The average Bonchev–Trinajstić information content (AvgIpc) is 2.79. The van der Waals surface area contributed by atoms with Crippen LogP contribution >= 0.6 is 12.4 Å². The second-order valence-electron chi connectivity index (χ2n) is 6.10. The Morgan fingerprint density at radius 2 is 1.79 bits per heavy atom. The fourth-order valence-corrected chi connectivity index (χ4v) is 4.59. The third-order valence-corrected chi connectivity index (χ3v) is 5.73. The van der Waals surface area contributed by atoms with E-state index >= 15 is 0 Å². The molecule has 1 heterocycles. The highest BCUT2D eigenvalue weighted by Crippen LogP contribution is 2.19. The molecule has 0 aromatic rings. The molecule has 9 heteroatoms. The normalized spacial score (nSPS) is 19.0. The van der Waals surface area contributed by atoms with Gasteiger partial charge in [0, 0.05) is 12.6 Å². The van der Waals surface area contributed by atoms with Crippen molar-refractivity contribution in [3.8, 4) is 0 Å². The summed E-state index contributed by atoms with van der Waals surface area (Å²) in [6.45, 7) is 4.86. The molecule has 1 aliphatic heterocycles. The molecule has 0 aromatic heterocycles. The van der Waals surface area contributed by atoms with Gasteiger partial charge in [0.2, 0.25) is 5.91 Å². The van der Waals surface area contributed by atoms with E-state index in [1.165, 1.54) is 0 Å². The van der Waals surface area contributed by atoms with Crippen LogP contribution in [0.5, 0.6) is 0 Å². The zero-order valence-electron chi connectivity index (χ0n) is 14.4. The SMILES string of the molecule is CCCCN(C(=O)CN(CCC)CC(=O)O)C1CCS(=O)(=O)C1.Cl. The maximum absolute atomic E-state index is 12.6. The summed E-state index contributed by atoms with van der Waals surface area (Å²) >= 11 is 0. The summed E-state index contributed by atoms with van der Waals surface area (Å²) in [6.07, 6.45) is 2.96. The Bertz CT molecular complexity index is 512. The van der Waals surface area contributed by atoms with Gasteiger partial charge in [-0.1, -0.05) is 20.3 Å². The summed E-state index contributed by atoms with van der Waals surface area (Å²) < 4.78 is 23.4. The number of halogens is 1. The van der Waals surface area contributed by atoms with Crippen LogP contribution in [0.4, 0.5) is 0 Å².